The van der Waals surface area contributed by atoms with Gasteiger partial charge in [0.15, 0.2) is 5.82 Å². The Morgan fingerprint density at radius 2 is 1.84 bits per heavy atom. The molecule has 4 aliphatic rings. The lowest BCUT2D eigenvalue weighted by molar-refractivity contribution is -0.139. The molecule has 0 bridgehead atoms. The van der Waals surface area contributed by atoms with E-state index in [-0.39, 0.29) is 18.0 Å². The molecule has 4 heterocycles. The molecule has 1 aliphatic carbocycles. The smallest absolute Gasteiger partial charge is 0.230 e. The maximum absolute atomic E-state index is 12.5. The number of rotatable bonds is 6. The van der Waals surface area contributed by atoms with Gasteiger partial charge >= 0.3 is 0 Å². The average molecular weight is 444 g/mol. The molecule has 0 N–H and O–H groups in total. The van der Waals surface area contributed by atoms with Gasteiger partial charge in [-0.1, -0.05) is 24.9 Å². The number of ether oxygens (including phenoxy) is 1. The first-order chi connectivity index (χ1) is 15.7. The summed E-state index contributed by atoms with van der Waals surface area (Å²) in [5, 5.41) is 4.39. The number of nitrogens with zero attached hydrogens (tertiary/aromatic N) is 5. The largest absolute Gasteiger partial charge is 0.379 e. The lowest BCUT2D eigenvalue weighted by Gasteiger charge is -2.36. The minimum atomic E-state index is 0.190. The van der Waals surface area contributed by atoms with Crippen LogP contribution in [0.25, 0.3) is 0 Å². The van der Waals surface area contributed by atoms with Crippen molar-refractivity contribution in [1.29, 1.82) is 0 Å². The summed E-state index contributed by atoms with van der Waals surface area (Å²) in [4.78, 5) is 27.0. The number of hydrogen-bond donors (Lipinski definition) is 0. The van der Waals surface area contributed by atoms with Gasteiger partial charge in [-0.15, -0.1) is 0 Å². The Hall–Kier alpha value is -1.80. The molecule has 0 aromatic carbocycles. The van der Waals surface area contributed by atoms with Crippen molar-refractivity contribution >= 4 is 11.6 Å². The van der Waals surface area contributed by atoms with E-state index >= 15 is 0 Å². The number of carbonyl (C=O) groups is 1. The molecular formula is C24H37N5O3. The van der Waals surface area contributed by atoms with Crippen molar-refractivity contribution in [3.63, 3.8) is 0 Å². The molecule has 1 aromatic rings. The standard InChI is InChI=1S/C24H37N5O3/c1-2-4-20-15-19(16-21(25-20)28-11-13-31-14-12-28)23-26-22(27-32-23)17-7-9-29(10-8-17)24(30)18-5-3-6-18/h17-19,21H,2-16H2,1H3. The van der Waals surface area contributed by atoms with Gasteiger partial charge in [0.25, 0.3) is 0 Å². The van der Waals surface area contributed by atoms with E-state index in [1.807, 2.05) is 0 Å². The molecule has 32 heavy (non-hydrogen) atoms. The third-order valence-corrected chi connectivity index (χ3v) is 7.75. The summed E-state index contributed by atoms with van der Waals surface area (Å²) < 4.78 is 11.4. The van der Waals surface area contributed by atoms with Gasteiger partial charge in [-0.05, 0) is 44.9 Å². The van der Waals surface area contributed by atoms with Crippen LogP contribution in [0.15, 0.2) is 9.52 Å². The van der Waals surface area contributed by atoms with Crippen LogP contribution in [0.3, 0.4) is 0 Å². The van der Waals surface area contributed by atoms with E-state index in [1.54, 1.807) is 0 Å². The highest BCUT2D eigenvalue weighted by molar-refractivity contribution is 5.85. The maximum atomic E-state index is 12.5. The number of likely N-dealkylation sites (tertiary alicyclic amines) is 1. The molecule has 0 radical (unpaired) electrons. The van der Waals surface area contributed by atoms with E-state index in [9.17, 15) is 4.79 Å². The minimum absolute atomic E-state index is 0.190. The van der Waals surface area contributed by atoms with Crippen molar-refractivity contribution in [2.45, 2.75) is 82.7 Å². The Bertz CT molecular complexity index is 806. The van der Waals surface area contributed by atoms with E-state index in [1.165, 1.54) is 12.1 Å². The maximum Gasteiger partial charge on any atom is 0.230 e. The van der Waals surface area contributed by atoms with Gasteiger partial charge in [-0.25, -0.2) is 0 Å². The predicted octanol–water partition coefficient (Wildman–Crippen LogP) is 3.35. The van der Waals surface area contributed by atoms with Gasteiger partial charge in [0.2, 0.25) is 11.8 Å². The van der Waals surface area contributed by atoms with Crippen molar-refractivity contribution in [2.75, 3.05) is 39.4 Å². The zero-order chi connectivity index (χ0) is 21.9. The Kier molecular flexibility index (Phi) is 6.88. The first-order valence-electron chi connectivity index (χ1n) is 12.7. The van der Waals surface area contributed by atoms with Crippen LogP contribution in [0, 0.1) is 5.92 Å². The van der Waals surface area contributed by atoms with Gasteiger partial charge in [0.05, 0.1) is 13.2 Å². The van der Waals surface area contributed by atoms with E-state index in [4.69, 9.17) is 19.2 Å². The average Bonchev–Trinajstić information content (AvgIpc) is 3.29. The van der Waals surface area contributed by atoms with Crippen LogP contribution in [0.2, 0.25) is 0 Å². The molecule has 3 fully saturated rings. The summed E-state index contributed by atoms with van der Waals surface area (Å²) in [5.41, 5.74) is 1.28. The topological polar surface area (TPSA) is 84.1 Å². The normalized spacial score (nSPS) is 28.4. The van der Waals surface area contributed by atoms with Crippen LogP contribution in [0.1, 0.15) is 88.3 Å². The highest BCUT2D eigenvalue weighted by Crippen LogP contribution is 2.35. The van der Waals surface area contributed by atoms with Crippen LogP contribution in [-0.2, 0) is 9.53 Å². The van der Waals surface area contributed by atoms with Gasteiger partial charge < -0.3 is 14.2 Å². The number of carbonyl (C=O) groups excluding carboxylic acids is 1. The SMILES string of the molecule is CCCC1=NC(N2CCOCC2)CC(c2nc(C3CCN(C(=O)C4CCC4)CC3)no2)C1. The number of aromatic nitrogens is 2. The van der Waals surface area contributed by atoms with E-state index < -0.39 is 0 Å². The minimum Gasteiger partial charge on any atom is -0.379 e. The second kappa shape index (κ2) is 10.00. The summed E-state index contributed by atoms with van der Waals surface area (Å²) in [5.74, 6) is 2.78. The summed E-state index contributed by atoms with van der Waals surface area (Å²) in [6.45, 7) is 7.29. The molecule has 2 saturated heterocycles. The fourth-order valence-corrected chi connectivity index (χ4v) is 5.54. The molecule has 1 amide bonds. The van der Waals surface area contributed by atoms with Crippen molar-refractivity contribution in [2.24, 2.45) is 10.9 Å². The van der Waals surface area contributed by atoms with Crippen LogP contribution in [0.5, 0.6) is 0 Å². The second-order valence-electron chi connectivity index (χ2n) is 9.93. The molecule has 0 spiro atoms. The number of morpholine rings is 1. The fourth-order valence-electron chi connectivity index (χ4n) is 5.54. The van der Waals surface area contributed by atoms with E-state index in [0.29, 0.717) is 11.8 Å². The Balaban J connectivity index is 1.21. The number of hydrogen-bond acceptors (Lipinski definition) is 7. The zero-order valence-electron chi connectivity index (χ0n) is 19.4. The molecule has 5 rings (SSSR count). The Morgan fingerprint density at radius 3 is 2.53 bits per heavy atom. The number of amides is 1. The van der Waals surface area contributed by atoms with Crippen LogP contribution in [0.4, 0.5) is 0 Å². The number of piperidine rings is 1. The van der Waals surface area contributed by atoms with E-state index in [0.717, 1.165) is 102 Å². The highest BCUT2D eigenvalue weighted by Gasteiger charge is 2.35. The third kappa shape index (κ3) is 4.76. The monoisotopic (exact) mass is 443 g/mol. The van der Waals surface area contributed by atoms with Gasteiger partial charge in [0, 0.05) is 49.6 Å². The van der Waals surface area contributed by atoms with Gasteiger partial charge in [-0.3, -0.25) is 14.7 Å². The van der Waals surface area contributed by atoms with Crippen LogP contribution >= 0.6 is 0 Å². The van der Waals surface area contributed by atoms with Crippen LogP contribution in [-0.4, -0.2) is 77.1 Å². The summed E-state index contributed by atoms with van der Waals surface area (Å²) in [6, 6.07) is 0. The lowest BCUT2D eigenvalue weighted by Crippen LogP contribution is -2.45. The second-order valence-corrected chi connectivity index (χ2v) is 9.93. The summed E-state index contributed by atoms with van der Waals surface area (Å²) >= 11 is 0. The van der Waals surface area contributed by atoms with Crippen molar-refractivity contribution in [3.05, 3.63) is 11.7 Å². The summed E-state index contributed by atoms with van der Waals surface area (Å²) in [6.07, 6.45) is 9.40. The lowest BCUT2D eigenvalue weighted by atomic mass is 9.83. The third-order valence-electron chi connectivity index (χ3n) is 7.75. The van der Waals surface area contributed by atoms with Crippen LogP contribution < -0.4 is 0 Å². The molecule has 2 unspecified atom stereocenters. The quantitative estimate of drug-likeness (QED) is 0.670. The molecule has 1 saturated carbocycles. The Labute approximate surface area is 190 Å². The molecule has 1 aromatic heterocycles. The molecule has 8 heteroatoms. The Morgan fingerprint density at radius 1 is 1.06 bits per heavy atom. The summed E-state index contributed by atoms with van der Waals surface area (Å²) in [7, 11) is 0. The zero-order valence-corrected chi connectivity index (χ0v) is 19.4. The molecule has 2 atom stereocenters. The predicted molar refractivity (Wildman–Crippen MR) is 121 cm³/mol. The van der Waals surface area contributed by atoms with Crippen molar-refractivity contribution < 1.29 is 14.1 Å². The molecule has 8 nitrogen and oxygen atoms in total. The van der Waals surface area contributed by atoms with Crippen molar-refractivity contribution in [1.82, 2.24) is 19.9 Å². The first kappa shape index (κ1) is 22.0. The fraction of sp³-hybridized carbons (Fsp3) is 0.833. The van der Waals surface area contributed by atoms with Crippen molar-refractivity contribution in [3.8, 4) is 0 Å². The van der Waals surface area contributed by atoms with Gasteiger partial charge in [0.1, 0.15) is 6.17 Å². The van der Waals surface area contributed by atoms with Gasteiger partial charge in [-0.2, -0.15) is 4.98 Å². The number of aliphatic imine (C=N–C) groups is 1. The first-order valence-corrected chi connectivity index (χ1v) is 12.7. The molecule has 3 aliphatic heterocycles. The highest BCUT2D eigenvalue weighted by atomic mass is 16.5. The molecular weight excluding hydrogens is 406 g/mol. The molecule has 176 valence electrons. The van der Waals surface area contributed by atoms with E-state index in [2.05, 4.69) is 21.9 Å².